The van der Waals surface area contributed by atoms with Crippen LogP contribution in [0.4, 0.5) is 0 Å². The van der Waals surface area contributed by atoms with Gasteiger partial charge >= 0.3 is 0 Å². The summed E-state index contributed by atoms with van der Waals surface area (Å²) in [4.78, 5) is 27.8. The van der Waals surface area contributed by atoms with Crippen LogP contribution in [0, 0.1) is 11.3 Å². The maximum atomic E-state index is 13.5. The van der Waals surface area contributed by atoms with Gasteiger partial charge in [-0.2, -0.15) is 5.26 Å². The summed E-state index contributed by atoms with van der Waals surface area (Å²) in [5.41, 5.74) is -0.783. The molecule has 4 rings (SSSR count). The Morgan fingerprint density at radius 3 is 2.31 bits per heavy atom. The number of nitriles is 1. The standard InChI is InChI=1S/C20H22ClN3O4S/c1-29(27,28)15-10-16(17(25)23-19(12-22)6-7-19)24(11-15)18(26)20(8-9-20)13-2-4-14(21)5-3-13/h2-5,15-16H,6-11H2,1H3,(H,23,25)/t15-,16+/m1/s1. The molecule has 2 saturated carbocycles. The minimum Gasteiger partial charge on any atom is -0.336 e. The molecule has 0 aromatic heterocycles. The lowest BCUT2D eigenvalue weighted by molar-refractivity contribution is -0.140. The maximum Gasteiger partial charge on any atom is 0.244 e. The summed E-state index contributed by atoms with van der Waals surface area (Å²) in [6.07, 6.45) is 3.60. The number of hydrogen-bond acceptors (Lipinski definition) is 5. The summed E-state index contributed by atoms with van der Waals surface area (Å²) in [7, 11) is -3.42. The normalized spacial score (nSPS) is 26.4. The van der Waals surface area contributed by atoms with E-state index in [1.165, 1.54) is 4.90 Å². The highest BCUT2D eigenvalue weighted by Crippen LogP contribution is 2.51. The van der Waals surface area contributed by atoms with Crippen molar-refractivity contribution >= 4 is 33.3 Å². The van der Waals surface area contributed by atoms with Gasteiger partial charge in [-0.15, -0.1) is 0 Å². The van der Waals surface area contributed by atoms with Crippen LogP contribution in [0.3, 0.4) is 0 Å². The molecule has 2 aliphatic carbocycles. The molecule has 0 bridgehead atoms. The predicted octanol–water partition coefficient (Wildman–Crippen LogP) is 1.56. The number of likely N-dealkylation sites (tertiary alicyclic amines) is 1. The maximum absolute atomic E-state index is 13.5. The topological polar surface area (TPSA) is 107 Å². The van der Waals surface area contributed by atoms with Crippen LogP contribution in [0.15, 0.2) is 24.3 Å². The Morgan fingerprint density at radius 1 is 1.21 bits per heavy atom. The third kappa shape index (κ3) is 3.62. The second-order valence-corrected chi connectivity index (χ2v) is 11.2. The van der Waals surface area contributed by atoms with E-state index < -0.39 is 38.0 Å². The first-order valence-corrected chi connectivity index (χ1v) is 11.9. The molecular formula is C20H22ClN3O4S. The van der Waals surface area contributed by atoms with Gasteiger partial charge in [-0.05, 0) is 49.8 Å². The third-order valence-electron chi connectivity index (χ3n) is 6.31. The number of amides is 2. The number of sulfone groups is 1. The summed E-state index contributed by atoms with van der Waals surface area (Å²) in [6, 6.07) is 8.27. The van der Waals surface area contributed by atoms with Crippen LogP contribution in [0.2, 0.25) is 5.02 Å². The lowest BCUT2D eigenvalue weighted by atomic mass is 9.94. The number of rotatable bonds is 5. The van der Waals surface area contributed by atoms with Crippen molar-refractivity contribution in [3.63, 3.8) is 0 Å². The zero-order valence-corrected chi connectivity index (χ0v) is 17.6. The van der Waals surface area contributed by atoms with Crippen LogP contribution in [0.5, 0.6) is 0 Å². The van der Waals surface area contributed by atoms with Crippen molar-refractivity contribution in [2.75, 3.05) is 12.8 Å². The Hall–Kier alpha value is -2.11. The first-order chi connectivity index (χ1) is 13.6. The van der Waals surface area contributed by atoms with Crippen molar-refractivity contribution in [1.82, 2.24) is 10.2 Å². The molecule has 9 heteroatoms. The summed E-state index contributed by atoms with van der Waals surface area (Å²) < 4.78 is 24.3. The van der Waals surface area contributed by atoms with Gasteiger partial charge in [0.15, 0.2) is 9.84 Å². The molecule has 29 heavy (non-hydrogen) atoms. The minimum atomic E-state index is -3.42. The minimum absolute atomic E-state index is 0.00928. The largest absolute Gasteiger partial charge is 0.336 e. The van der Waals surface area contributed by atoms with Gasteiger partial charge in [0.1, 0.15) is 11.6 Å². The fraction of sp³-hybridized carbons (Fsp3) is 0.550. The molecule has 0 unspecified atom stereocenters. The van der Waals surface area contributed by atoms with Gasteiger partial charge in [0.2, 0.25) is 11.8 Å². The van der Waals surface area contributed by atoms with E-state index in [9.17, 15) is 23.3 Å². The van der Waals surface area contributed by atoms with E-state index in [-0.39, 0.29) is 18.9 Å². The number of benzene rings is 1. The molecule has 1 aliphatic heterocycles. The van der Waals surface area contributed by atoms with E-state index in [2.05, 4.69) is 11.4 Å². The SMILES string of the molecule is CS(=O)(=O)[C@@H]1C[C@@H](C(=O)NC2(C#N)CC2)N(C(=O)C2(c3ccc(Cl)cc3)CC2)C1. The highest BCUT2D eigenvalue weighted by molar-refractivity contribution is 7.91. The summed E-state index contributed by atoms with van der Waals surface area (Å²) in [6.45, 7) is -0.00928. The van der Waals surface area contributed by atoms with Crippen LogP contribution in [-0.4, -0.2) is 54.8 Å². The molecule has 154 valence electrons. The molecule has 0 spiro atoms. The summed E-state index contributed by atoms with van der Waals surface area (Å²) in [5.74, 6) is -0.677. The Kier molecular flexibility index (Phi) is 4.67. The number of halogens is 1. The van der Waals surface area contributed by atoms with Gasteiger partial charge in [-0.25, -0.2) is 8.42 Å². The van der Waals surface area contributed by atoms with E-state index in [0.717, 1.165) is 11.8 Å². The summed E-state index contributed by atoms with van der Waals surface area (Å²) in [5, 5.41) is 11.8. The molecule has 0 radical (unpaired) electrons. The van der Waals surface area contributed by atoms with Gasteiger partial charge in [-0.1, -0.05) is 23.7 Å². The highest BCUT2D eigenvalue weighted by atomic mass is 35.5. The van der Waals surface area contributed by atoms with E-state index >= 15 is 0 Å². The van der Waals surface area contributed by atoms with E-state index in [1.807, 2.05) is 0 Å². The van der Waals surface area contributed by atoms with Crippen molar-refractivity contribution in [2.45, 2.75) is 54.3 Å². The lowest BCUT2D eigenvalue weighted by Crippen LogP contribution is -2.51. The number of nitrogens with one attached hydrogen (secondary N) is 1. The summed E-state index contributed by atoms with van der Waals surface area (Å²) >= 11 is 5.96. The van der Waals surface area contributed by atoms with Crippen LogP contribution in [0.1, 0.15) is 37.7 Å². The monoisotopic (exact) mass is 435 g/mol. The van der Waals surface area contributed by atoms with Gasteiger partial charge < -0.3 is 10.2 Å². The second-order valence-electron chi connectivity index (χ2n) is 8.43. The van der Waals surface area contributed by atoms with Crippen molar-refractivity contribution < 1.29 is 18.0 Å². The molecule has 1 aromatic rings. The Morgan fingerprint density at radius 2 is 1.83 bits per heavy atom. The average Bonchev–Trinajstić information content (AvgIpc) is 3.58. The van der Waals surface area contributed by atoms with Crippen LogP contribution in [0.25, 0.3) is 0 Å². The van der Waals surface area contributed by atoms with Crippen LogP contribution in [-0.2, 0) is 24.8 Å². The van der Waals surface area contributed by atoms with Gasteiger partial charge in [0.25, 0.3) is 0 Å². The van der Waals surface area contributed by atoms with Crippen molar-refractivity contribution in [3.05, 3.63) is 34.9 Å². The van der Waals surface area contributed by atoms with Crippen LogP contribution < -0.4 is 5.32 Å². The van der Waals surface area contributed by atoms with Gasteiger partial charge in [0.05, 0.1) is 16.7 Å². The number of carbonyl (C=O) groups excluding carboxylic acids is 2. The Labute approximate surface area is 174 Å². The molecule has 3 aliphatic rings. The molecule has 2 amide bonds. The van der Waals surface area contributed by atoms with Gasteiger partial charge in [-0.3, -0.25) is 9.59 Å². The molecule has 1 aromatic carbocycles. The van der Waals surface area contributed by atoms with E-state index in [0.29, 0.717) is 30.7 Å². The van der Waals surface area contributed by atoms with E-state index in [4.69, 9.17) is 11.6 Å². The predicted molar refractivity (Wildman–Crippen MR) is 107 cm³/mol. The fourth-order valence-electron chi connectivity index (χ4n) is 4.08. The number of carbonyl (C=O) groups is 2. The van der Waals surface area contributed by atoms with E-state index in [1.54, 1.807) is 24.3 Å². The molecular weight excluding hydrogens is 414 g/mol. The first-order valence-electron chi connectivity index (χ1n) is 9.60. The van der Waals surface area contributed by atoms with Crippen molar-refractivity contribution in [2.24, 2.45) is 0 Å². The molecule has 1 saturated heterocycles. The Balaban J connectivity index is 1.62. The lowest BCUT2D eigenvalue weighted by Gasteiger charge is -2.29. The third-order valence-corrected chi connectivity index (χ3v) is 8.12. The molecule has 7 nitrogen and oxygen atoms in total. The average molecular weight is 436 g/mol. The van der Waals surface area contributed by atoms with Crippen molar-refractivity contribution in [1.29, 1.82) is 5.26 Å². The fourth-order valence-corrected chi connectivity index (χ4v) is 5.17. The van der Waals surface area contributed by atoms with Crippen LogP contribution >= 0.6 is 11.6 Å². The molecule has 1 N–H and O–H groups in total. The zero-order chi connectivity index (χ0) is 21.0. The number of nitrogens with zero attached hydrogens (tertiary/aromatic N) is 2. The van der Waals surface area contributed by atoms with Gasteiger partial charge in [0, 0.05) is 17.8 Å². The quantitative estimate of drug-likeness (QED) is 0.755. The number of hydrogen-bond donors (Lipinski definition) is 1. The molecule has 1 heterocycles. The zero-order valence-electron chi connectivity index (χ0n) is 16.0. The molecule has 3 fully saturated rings. The molecule has 2 atom stereocenters. The first kappa shape index (κ1) is 20.2. The van der Waals surface area contributed by atoms with Crippen molar-refractivity contribution in [3.8, 4) is 6.07 Å². The smallest absolute Gasteiger partial charge is 0.244 e. The Bertz CT molecular complexity index is 1010. The highest BCUT2D eigenvalue weighted by Gasteiger charge is 2.57. The second kappa shape index (κ2) is 6.71.